The van der Waals surface area contributed by atoms with Gasteiger partial charge in [-0.05, 0) is 18.9 Å². The van der Waals surface area contributed by atoms with Gasteiger partial charge in [-0.2, -0.15) is 0 Å². The van der Waals surface area contributed by atoms with Gasteiger partial charge in [0.05, 0.1) is 12.3 Å². The molecule has 23 heavy (non-hydrogen) atoms. The minimum atomic E-state index is -4.11. The van der Waals surface area contributed by atoms with E-state index in [1.165, 1.54) is 0 Å². The molecule has 124 valence electrons. The molecule has 0 aliphatic carbocycles. The molecule has 0 atom stereocenters. The number of carbonyl (C=O) groups is 1. The Hall–Kier alpha value is -2.12. The number of ether oxygens (including phenoxy) is 1. The Bertz CT molecular complexity index is 824. The molecule has 2 rings (SSSR count). The van der Waals surface area contributed by atoms with Gasteiger partial charge in [-0.1, -0.05) is 37.3 Å². The Kier molecular flexibility index (Phi) is 4.91. The van der Waals surface area contributed by atoms with Crippen LogP contribution in [0.4, 0.5) is 0 Å². The fourth-order valence-electron chi connectivity index (χ4n) is 2.73. The predicted molar refractivity (Wildman–Crippen MR) is 87.6 cm³/mol. The first-order valence-electron chi connectivity index (χ1n) is 7.29. The highest BCUT2D eigenvalue weighted by Crippen LogP contribution is 2.34. The Morgan fingerprint density at radius 3 is 2.30 bits per heavy atom. The fraction of sp³-hybridized carbons (Fsp3) is 0.312. The molecule has 0 aliphatic rings. The molecule has 0 unspecified atom stereocenters. The van der Waals surface area contributed by atoms with E-state index in [0.29, 0.717) is 23.4 Å². The minimum absolute atomic E-state index is 0.0261. The predicted octanol–water partition coefficient (Wildman–Crippen LogP) is 2.08. The Morgan fingerprint density at radius 1 is 1.22 bits per heavy atom. The number of nitrogens with zero attached hydrogens (tertiary/aromatic N) is 1. The zero-order valence-electron chi connectivity index (χ0n) is 13.4. The third kappa shape index (κ3) is 3.16. The maximum absolute atomic E-state index is 12.3. The lowest BCUT2D eigenvalue weighted by molar-refractivity contribution is 0.0521. The van der Waals surface area contributed by atoms with Crippen LogP contribution < -0.4 is 5.14 Å². The largest absolute Gasteiger partial charge is 0.462 e. The highest BCUT2D eigenvalue weighted by Gasteiger charge is 2.32. The summed E-state index contributed by atoms with van der Waals surface area (Å²) >= 11 is 0. The zero-order valence-corrected chi connectivity index (χ0v) is 14.2. The number of aromatic nitrogens is 1. The molecule has 0 amide bonds. The van der Waals surface area contributed by atoms with Gasteiger partial charge in [-0.3, -0.25) is 0 Å². The van der Waals surface area contributed by atoms with Crippen molar-refractivity contribution in [2.24, 2.45) is 12.2 Å². The fourth-order valence-corrected chi connectivity index (χ4v) is 3.74. The molecule has 0 fully saturated rings. The molecule has 6 nitrogen and oxygen atoms in total. The summed E-state index contributed by atoms with van der Waals surface area (Å²) in [6, 6.07) is 8.97. The average molecular weight is 336 g/mol. The van der Waals surface area contributed by atoms with Gasteiger partial charge in [0.15, 0.2) is 0 Å². The molecular weight excluding hydrogens is 316 g/mol. The molecule has 1 aromatic heterocycles. The highest BCUT2D eigenvalue weighted by molar-refractivity contribution is 7.89. The monoisotopic (exact) mass is 336 g/mol. The van der Waals surface area contributed by atoms with Crippen LogP contribution in [0.5, 0.6) is 0 Å². The number of nitrogens with two attached hydrogens (primary N) is 1. The first-order valence-corrected chi connectivity index (χ1v) is 8.84. The lowest BCUT2D eigenvalue weighted by Crippen LogP contribution is -2.18. The van der Waals surface area contributed by atoms with E-state index >= 15 is 0 Å². The van der Waals surface area contributed by atoms with Gasteiger partial charge in [0, 0.05) is 12.7 Å². The summed E-state index contributed by atoms with van der Waals surface area (Å²) in [5, 5.41) is 5.42. The van der Waals surface area contributed by atoms with Crippen molar-refractivity contribution in [2.75, 3.05) is 6.61 Å². The summed E-state index contributed by atoms with van der Waals surface area (Å²) in [5.41, 5.74) is 1.67. The van der Waals surface area contributed by atoms with Crippen LogP contribution in [0.15, 0.2) is 35.2 Å². The smallest absolute Gasteiger partial charge is 0.341 e. The zero-order chi connectivity index (χ0) is 17.2. The third-order valence-electron chi connectivity index (χ3n) is 3.62. The van der Waals surface area contributed by atoms with Gasteiger partial charge in [-0.15, -0.1) is 0 Å². The van der Waals surface area contributed by atoms with Crippen molar-refractivity contribution in [3.8, 4) is 11.3 Å². The van der Waals surface area contributed by atoms with Crippen LogP contribution in [0.1, 0.15) is 29.9 Å². The summed E-state index contributed by atoms with van der Waals surface area (Å²) in [7, 11) is -2.39. The summed E-state index contributed by atoms with van der Waals surface area (Å²) < 4.78 is 31.1. The van der Waals surface area contributed by atoms with E-state index in [9.17, 15) is 13.2 Å². The van der Waals surface area contributed by atoms with Crippen molar-refractivity contribution >= 4 is 16.0 Å². The van der Waals surface area contributed by atoms with Gasteiger partial charge in [0.25, 0.3) is 0 Å². The molecule has 1 heterocycles. The lowest BCUT2D eigenvalue weighted by atomic mass is 10.1. The highest BCUT2D eigenvalue weighted by atomic mass is 32.2. The number of hydrogen-bond donors (Lipinski definition) is 1. The van der Waals surface area contributed by atoms with Gasteiger partial charge in [-0.25, -0.2) is 18.4 Å². The quantitative estimate of drug-likeness (QED) is 0.846. The molecule has 0 saturated heterocycles. The molecule has 7 heteroatoms. The molecule has 1 aromatic carbocycles. The summed E-state index contributed by atoms with van der Waals surface area (Å²) in [5.74, 6) is -0.675. The van der Waals surface area contributed by atoms with Crippen LogP contribution in [0.2, 0.25) is 0 Å². The summed E-state index contributed by atoms with van der Waals surface area (Å²) in [6.45, 7) is 3.67. The van der Waals surface area contributed by atoms with Crippen molar-refractivity contribution in [3.05, 3.63) is 41.6 Å². The number of sulfonamides is 1. The summed E-state index contributed by atoms with van der Waals surface area (Å²) in [4.78, 5) is 12.2. The first-order chi connectivity index (χ1) is 10.8. The summed E-state index contributed by atoms with van der Waals surface area (Å²) in [6.07, 6.45) is 0.472. The normalized spacial score (nSPS) is 11.5. The van der Waals surface area contributed by atoms with Crippen molar-refractivity contribution in [2.45, 2.75) is 25.2 Å². The van der Waals surface area contributed by atoms with Crippen molar-refractivity contribution < 1.29 is 17.9 Å². The molecule has 0 saturated carbocycles. The van der Waals surface area contributed by atoms with Gasteiger partial charge >= 0.3 is 5.97 Å². The van der Waals surface area contributed by atoms with Crippen LogP contribution >= 0.6 is 0 Å². The molecule has 0 radical (unpaired) electrons. The Morgan fingerprint density at radius 2 is 1.83 bits per heavy atom. The van der Waals surface area contributed by atoms with Crippen LogP contribution in [0.3, 0.4) is 0 Å². The van der Waals surface area contributed by atoms with Crippen LogP contribution in [0, 0.1) is 0 Å². The van der Waals surface area contributed by atoms with Crippen LogP contribution in [-0.2, 0) is 28.2 Å². The SMILES string of the molecule is CCOC(=O)c1c(S(N)(=O)=O)c(-c2ccccc2)n(C)c1CC. The topological polar surface area (TPSA) is 91.4 Å². The third-order valence-corrected chi connectivity index (χ3v) is 4.58. The Labute approximate surface area is 135 Å². The van der Waals surface area contributed by atoms with E-state index in [1.54, 1.807) is 42.8 Å². The van der Waals surface area contributed by atoms with Crippen molar-refractivity contribution in [1.29, 1.82) is 0 Å². The van der Waals surface area contributed by atoms with Gasteiger partial charge in [0.2, 0.25) is 10.0 Å². The number of carbonyl (C=O) groups excluding carboxylic acids is 1. The number of benzene rings is 1. The lowest BCUT2D eigenvalue weighted by Gasteiger charge is -2.07. The van der Waals surface area contributed by atoms with Crippen LogP contribution in [0.25, 0.3) is 11.3 Å². The maximum Gasteiger partial charge on any atom is 0.341 e. The number of hydrogen-bond acceptors (Lipinski definition) is 4. The van der Waals surface area contributed by atoms with E-state index in [1.807, 2.05) is 13.0 Å². The van der Waals surface area contributed by atoms with Gasteiger partial charge in [0.1, 0.15) is 10.5 Å². The average Bonchev–Trinajstić information content (AvgIpc) is 2.81. The van der Waals surface area contributed by atoms with E-state index in [2.05, 4.69) is 0 Å². The standard InChI is InChI=1S/C16H20N2O4S/c1-4-12-13(16(19)22-5-2)15(23(17,20)21)14(18(12)3)11-9-7-6-8-10-11/h6-10H,4-5H2,1-3H3,(H2,17,20,21). The van der Waals surface area contributed by atoms with Gasteiger partial charge < -0.3 is 9.30 Å². The van der Waals surface area contributed by atoms with Crippen LogP contribution in [-0.4, -0.2) is 25.6 Å². The molecular formula is C16H20N2O4S. The molecule has 0 aliphatic heterocycles. The molecule has 2 N–H and O–H groups in total. The minimum Gasteiger partial charge on any atom is -0.462 e. The number of primary sulfonamides is 1. The molecule has 0 spiro atoms. The second kappa shape index (κ2) is 6.55. The second-order valence-electron chi connectivity index (χ2n) is 5.04. The number of esters is 1. The molecule has 0 bridgehead atoms. The van der Waals surface area contributed by atoms with E-state index < -0.39 is 16.0 Å². The maximum atomic E-state index is 12.3. The first kappa shape index (κ1) is 17.2. The number of rotatable bonds is 5. The van der Waals surface area contributed by atoms with Crippen molar-refractivity contribution in [3.63, 3.8) is 0 Å². The molecule has 2 aromatic rings. The van der Waals surface area contributed by atoms with Crippen molar-refractivity contribution in [1.82, 2.24) is 4.57 Å². The Balaban J connectivity index is 2.90. The second-order valence-corrected chi connectivity index (χ2v) is 6.54. The van der Waals surface area contributed by atoms with E-state index in [4.69, 9.17) is 9.88 Å². The van der Waals surface area contributed by atoms with E-state index in [0.717, 1.165) is 0 Å². The van der Waals surface area contributed by atoms with E-state index in [-0.39, 0.29) is 17.1 Å².